The first kappa shape index (κ1) is 15.9. The van der Waals surface area contributed by atoms with Gasteiger partial charge in [-0.15, -0.1) is 0 Å². The van der Waals surface area contributed by atoms with Gasteiger partial charge in [-0.1, -0.05) is 42.5 Å². The van der Waals surface area contributed by atoms with Crippen molar-refractivity contribution < 1.29 is 0 Å². The van der Waals surface area contributed by atoms with Gasteiger partial charge in [0.2, 0.25) is 0 Å². The van der Waals surface area contributed by atoms with Crippen molar-refractivity contribution in [1.82, 2.24) is 9.80 Å². The molecule has 0 amide bonds. The number of hydrogen-bond donors (Lipinski definition) is 0. The molecule has 0 atom stereocenters. The van der Waals surface area contributed by atoms with Gasteiger partial charge >= 0.3 is 0 Å². The van der Waals surface area contributed by atoms with Gasteiger partial charge in [-0.3, -0.25) is 4.90 Å². The molecule has 0 radical (unpaired) electrons. The predicted molar refractivity (Wildman–Crippen MR) is 109 cm³/mol. The van der Waals surface area contributed by atoms with Crippen LogP contribution in [0.25, 0.3) is 10.8 Å². The highest BCUT2D eigenvalue weighted by Crippen LogP contribution is 2.46. The molecule has 5 rings (SSSR count). The average Bonchev–Trinajstić information content (AvgIpc) is 2.66. The van der Waals surface area contributed by atoms with Crippen molar-refractivity contribution in [3.05, 3.63) is 71.3 Å². The Morgan fingerprint density at radius 2 is 1.77 bits per heavy atom. The number of fused-ring (bicyclic) bond motifs is 4. The molecular formula is C23H25N3. The highest BCUT2D eigenvalue weighted by Gasteiger charge is 2.31. The molecular weight excluding hydrogens is 318 g/mol. The topological polar surface area (TPSA) is 9.72 Å². The summed E-state index contributed by atoms with van der Waals surface area (Å²) in [6.07, 6.45) is 1.04. The van der Waals surface area contributed by atoms with Crippen LogP contribution in [0.5, 0.6) is 0 Å². The largest absolute Gasteiger partial charge is 0.327 e. The Labute approximate surface area is 155 Å². The molecule has 2 aliphatic heterocycles. The van der Waals surface area contributed by atoms with E-state index in [2.05, 4.69) is 83.4 Å². The van der Waals surface area contributed by atoms with E-state index >= 15 is 0 Å². The first-order chi connectivity index (χ1) is 12.7. The van der Waals surface area contributed by atoms with Crippen LogP contribution < -0.4 is 4.90 Å². The molecule has 0 N–H and O–H groups in total. The molecule has 0 aliphatic carbocycles. The summed E-state index contributed by atoms with van der Waals surface area (Å²) in [6.45, 7) is 4.20. The van der Waals surface area contributed by atoms with Crippen LogP contribution in [0.1, 0.15) is 16.7 Å². The Morgan fingerprint density at radius 3 is 2.65 bits per heavy atom. The summed E-state index contributed by atoms with van der Waals surface area (Å²) in [5.41, 5.74) is 7.26. The van der Waals surface area contributed by atoms with Crippen LogP contribution in [-0.2, 0) is 13.0 Å². The number of rotatable bonds is 3. The lowest BCUT2D eigenvalue weighted by Crippen LogP contribution is -2.44. The van der Waals surface area contributed by atoms with Gasteiger partial charge in [0.25, 0.3) is 0 Å². The summed E-state index contributed by atoms with van der Waals surface area (Å²) in [6, 6.07) is 20.2. The lowest BCUT2D eigenvalue weighted by Gasteiger charge is -2.43. The second kappa shape index (κ2) is 6.11. The molecule has 3 aromatic rings. The normalized spacial score (nSPS) is 16.0. The third-order valence-electron chi connectivity index (χ3n) is 5.72. The minimum absolute atomic E-state index is 0.975. The molecule has 3 nitrogen and oxygen atoms in total. The minimum atomic E-state index is 0.975. The van der Waals surface area contributed by atoms with E-state index in [1.165, 1.54) is 38.8 Å². The van der Waals surface area contributed by atoms with E-state index in [4.69, 9.17) is 0 Å². The molecule has 2 heterocycles. The summed E-state index contributed by atoms with van der Waals surface area (Å²) < 4.78 is 0. The molecule has 0 bridgehead atoms. The summed E-state index contributed by atoms with van der Waals surface area (Å²) in [5.74, 6) is 0. The van der Waals surface area contributed by atoms with E-state index < -0.39 is 0 Å². The number of anilines is 2. The fourth-order valence-corrected chi connectivity index (χ4v) is 4.47. The Hall–Kier alpha value is -2.36. The van der Waals surface area contributed by atoms with E-state index in [-0.39, 0.29) is 0 Å². The Balaban J connectivity index is 1.68. The average molecular weight is 343 g/mol. The van der Waals surface area contributed by atoms with Crippen molar-refractivity contribution in [2.75, 3.05) is 38.8 Å². The Bertz CT molecular complexity index is 976. The van der Waals surface area contributed by atoms with Crippen molar-refractivity contribution >= 4 is 22.1 Å². The van der Waals surface area contributed by atoms with E-state index in [9.17, 15) is 0 Å². The molecule has 3 heteroatoms. The summed E-state index contributed by atoms with van der Waals surface area (Å²) in [7, 11) is 4.30. The van der Waals surface area contributed by atoms with Crippen molar-refractivity contribution in [1.29, 1.82) is 0 Å². The number of nitrogens with zero attached hydrogens (tertiary/aromatic N) is 3. The van der Waals surface area contributed by atoms with Gasteiger partial charge in [0, 0.05) is 31.7 Å². The lowest BCUT2D eigenvalue weighted by molar-refractivity contribution is 0.230. The van der Waals surface area contributed by atoms with Crippen molar-refractivity contribution in [3.63, 3.8) is 0 Å². The molecule has 132 valence electrons. The number of likely N-dealkylation sites (N-methyl/N-ethyl adjacent to an activating group) is 1. The zero-order valence-corrected chi connectivity index (χ0v) is 15.6. The number of hydrogen-bond acceptors (Lipinski definition) is 3. The molecule has 3 aromatic carbocycles. The fraction of sp³-hybridized carbons (Fsp3) is 0.304. The quantitative estimate of drug-likeness (QED) is 0.705. The summed E-state index contributed by atoms with van der Waals surface area (Å²) >= 11 is 0. The molecule has 0 unspecified atom stereocenters. The van der Waals surface area contributed by atoms with Crippen LogP contribution in [0.15, 0.2) is 54.6 Å². The summed E-state index contributed by atoms with van der Waals surface area (Å²) in [4.78, 5) is 7.39. The lowest BCUT2D eigenvalue weighted by atomic mass is 9.87. The van der Waals surface area contributed by atoms with Gasteiger partial charge in [0.15, 0.2) is 0 Å². The van der Waals surface area contributed by atoms with Crippen LogP contribution >= 0.6 is 0 Å². The third kappa shape index (κ3) is 2.51. The highest BCUT2D eigenvalue weighted by atomic mass is 15.3. The van der Waals surface area contributed by atoms with Gasteiger partial charge in [-0.05, 0) is 53.7 Å². The standard InChI is InChI=1S/C23H25N3/c1-24(2)11-12-25-15-19-13-17-7-3-5-9-20(17)21-14-18-8-4-6-10-22(18)26(16-25)23(19)21/h3-10,13H,11-12,14-16H2,1-2H3. The minimum Gasteiger partial charge on any atom is -0.327 e. The molecule has 2 aliphatic rings. The Kier molecular flexibility index (Phi) is 3.73. The number of para-hydroxylation sites is 1. The molecule has 26 heavy (non-hydrogen) atoms. The van der Waals surface area contributed by atoms with Crippen LogP contribution in [-0.4, -0.2) is 43.7 Å². The van der Waals surface area contributed by atoms with Crippen LogP contribution in [0.3, 0.4) is 0 Å². The van der Waals surface area contributed by atoms with Crippen molar-refractivity contribution in [2.24, 2.45) is 0 Å². The van der Waals surface area contributed by atoms with E-state index in [0.717, 1.165) is 32.7 Å². The third-order valence-corrected chi connectivity index (χ3v) is 5.72. The maximum atomic E-state index is 2.57. The van der Waals surface area contributed by atoms with Crippen molar-refractivity contribution in [3.8, 4) is 0 Å². The number of benzene rings is 3. The van der Waals surface area contributed by atoms with E-state index in [0.29, 0.717) is 0 Å². The molecule has 0 saturated heterocycles. The Morgan fingerprint density at radius 1 is 0.962 bits per heavy atom. The van der Waals surface area contributed by atoms with E-state index in [1.54, 1.807) is 0 Å². The molecule has 0 aromatic heterocycles. The predicted octanol–water partition coefficient (Wildman–Crippen LogP) is 4.22. The zero-order chi connectivity index (χ0) is 17.7. The summed E-state index contributed by atoms with van der Waals surface area (Å²) in [5, 5.41) is 2.78. The smallest absolute Gasteiger partial charge is 0.0760 e. The second-order valence-corrected chi connectivity index (χ2v) is 7.81. The molecule has 0 fully saturated rings. The first-order valence-corrected chi connectivity index (χ1v) is 9.47. The first-order valence-electron chi connectivity index (χ1n) is 9.47. The van der Waals surface area contributed by atoms with Crippen LogP contribution in [0, 0.1) is 0 Å². The van der Waals surface area contributed by atoms with Gasteiger partial charge in [-0.2, -0.15) is 0 Å². The highest BCUT2D eigenvalue weighted by molar-refractivity contribution is 5.95. The fourth-order valence-electron chi connectivity index (χ4n) is 4.47. The van der Waals surface area contributed by atoms with Crippen molar-refractivity contribution in [2.45, 2.75) is 13.0 Å². The van der Waals surface area contributed by atoms with Gasteiger partial charge in [0.1, 0.15) is 0 Å². The maximum Gasteiger partial charge on any atom is 0.0760 e. The van der Waals surface area contributed by atoms with Gasteiger partial charge in [-0.25, -0.2) is 0 Å². The molecule has 0 spiro atoms. The van der Waals surface area contributed by atoms with Gasteiger partial charge in [0.05, 0.1) is 12.4 Å². The SMILES string of the molecule is CN(C)CCN1Cc2cc3ccccc3c3c2N(C1)c1ccccc1C3. The maximum absolute atomic E-state index is 2.57. The molecule has 0 saturated carbocycles. The van der Waals surface area contributed by atoms with E-state index in [1.807, 2.05) is 0 Å². The zero-order valence-electron chi connectivity index (χ0n) is 15.6. The van der Waals surface area contributed by atoms with Crippen LogP contribution in [0.2, 0.25) is 0 Å². The second-order valence-electron chi connectivity index (χ2n) is 7.81. The van der Waals surface area contributed by atoms with Gasteiger partial charge < -0.3 is 9.80 Å². The monoisotopic (exact) mass is 343 g/mol. The van der Waals surface area contributed by atoms with Crippen LogP contribution in [0.4, 0.5) is 11.4 Å².